The van der Waals surface area contributed by atoms with Crippen LogP contribution in [0.25, 0.3) is 0 Å². The van der Waals surface area contributed by atoms with Crippen LogP contribution in [-0.4, -0.2) is 42.9 Å². The van der Waals surface area contributed by atoms with Gasteiger partial charge in [0, 0.05) is 41.6 Å². The third-order valence-electron chi connectivity index (χ3n) is 5.87. The summed E-state index contributed by atoms with van der Waals surface area (Å²) < 4.78 is 0. The molecule has 0 saturated carbocycles. The summed E-state index contributed by atoms with van der Waals surface area (Å²) in [4.78, 5) is 30.6. The van der Waals surface area contributed by atoms with Gasteiger partial charge in [-0.3, -0.25) is 14.5 Å². The van der Waals surface area contributed by atoms with Gasteiger partial charge in [-0.25, -0.2) is 0 Å². The van der Waals surface area contributed by atoms with Gasteiger partial charge >= 0.3 is 0 Å². The highest BCUT2D eigenvalue weighted by molar-refractivity contribution is 7.09. The minimum Gasteiger partial charge on any atom is -0.356 e. The van der Waals surface area contributed by atoms with Crippen molar-refractivity contribution in [3.8, 4) is 0 Å². The van der Waals surface area contributed by atoms with E-state index in [0.29, 0.717) is 24.0 Å². The molecule has 2 aliphatic rings. The van der Waals surface area contributed by atoms with Crippen LogP contribution in [0.2, 0.25) is 5.02 Å². The zero-order chi connectivity index (χ0) is 20.2. The summed E-state index contributed by atoms with van der Waals surface area (Å²) >= 11 is 7.73. The summed E-state index contributed by atoms with van der Waals surface area (Å²) in [6, 6.07) is 11.5. The van der Waals surface area contributed by atoms with Gasteiger partial charge in [-0.1, -0.05) is 17.7 Å². The number of hydrogen-bond donors (Lipinski definition) is 1. The van der Waals surface area contributed by atoms with Crippen LogP contribution in [0.5, 0.6) is 0 Å². The monoisotopic (exact) mass is 431 g/mol. The number of piperidine rings is 1. The zero-order valence-electron chi connectivity index (χ0n) is 16.4. The Morgan fingerprint density at radius 3 is 2.62 bits per heavy atom. The molecule has 1 atom stereocenters. The fourth-order valence-electron chi connectivity index (χ4n) is 4.11. The molecule has 0 spiro atoms. The molecule has 29 heavy (non-hydrogen) atoms. The van der Waals surface area contributed by atoms with Crippen molar-refractivity contribution in [1.29, 1.82) is 0 Å². The van der Waals surface area contributed by atoms with E-state index < -0.39 is 0 Å². The van der Waals surface area contributed by atoms with Gasteiger partial charge in [0.25, 0.3) is 0 Å². The molecule has 3 heterocycles. The van der Waals surface area contributed by atoms with Gasteiger partial charge in [0.1, 0.15) is 0 Å². The van der Waals surface area contributed by atoms with Gasteiger partial charge in [-0.15, -0.1) is 11.3 Å². The Hall–Kier alpha value is -1.89. The number of nitrogens with one attached hydrogen (secondary N) is 1. The van der Waals surface area contributed by atoms with Gasteiger partial charge in [0.15, 0.2) is 0 Å². The Labute approximate surface area is 180 Å². The summed E-state index contributed by atoms with van der Waals surface area (Å²) in [5.74, 6) is 0.227. The maximum atomic E-state index is 12.6. The summed E-state index contributed by atoms with van der Waals surface area (Å²) in [5, 5.41) is 5.86. The topological polar surface area (TPSA) is 52.7 Å². The van der Waals surface area contributed by atoms with Crippen LogP contribution in [0.1, 0.15) is 24.1 Å². The summed E-state index contributed by atoms with van der Waals surface area (Å²) in [6.07, 6.45) is 2.48. The zero-order valence-corrected chi connectivity index (χ0v) is 17.9. The van der Waals surface area contributed by atoms with E-state index in [1.165, 1.54) is 4.88 Å². The normalized spacial score (nSPS) is 20.9. The molecule has 7 heteroatoms. The summed E-state index contributed by atoms with van der Waals surface area (Å²) in [7, 11) is 0. The minimum absolute atomic E-state index is 0.00386. The van der Waals surface area contributed by atoms with Crippen LogP contribution in [0.15, 0.2) is 41.8 Å². The first-order valence-corrected chi connectivity index (χ1v) is 11.4. The van der Waals surface area contributed by atoms with Gasteiger partial charge < -0.3 is 10.2 Å². The fourth-order valence-corrected chi connectivity index (χ4v) is 4.99. The largest absolute Gasteiger partial charge is 0.356 e. The first-order chi connectivity index (χ1) is 14.1. The van der Waals surface area contributed by atoms with Gasteiger partial charge in [0.05, 0.1) is 5.92 Å². The second-order valence-electron chi connectivity index (χ2n) is 7.93. The molecule has 2 aromatic rings. The number of benzene rings is 1. The second kappa shape index (κ2) is 9.28. The second-order valence-corrected chi connectivity index (χ2v) is 9.39. The first kappa shape index (κ1) is 20.4. The molecule has 0 aliphatic carbocycles. The maximum absolute atomic E-state index is 12.6. The standard InChI is InChI=1S/C22H26ClN3O2S/c23-18-3-5-19(6-4-18)26-14-17(12-21(26)27)22(28)24-13-16-7-9-25(10-8-16)15-20-2-1-11-29-20/h1-6,11,16-17H,7-10,12-15H2,(H,24,28). The van der Waals surface area contributed by atoms with Crippen LogP contribution in [0.4, 0.5) is 5.69 Å². The van der Waals surface area contributed by atoms with Crippen LogP contribution in [0.3, 0.4) is 0 Å². The third kappa shape index (κ3) is 5.18. The number of halogens is 1. The fraction of sp³-hybridized carbons (Fsp3) is 0.455. The number of anilines is 1. The number of likely N-dealkylation sites (tertiary alicyclic amines) is 1. The molecular formula is C22H26ClN3O2S. The lowest BCUT2D eigenvalue weighted by Crippen LogP contribution is -2.40. The number of carbonyl (C=O) groups is 2. The van der Waals surface area contributed by atoms with E-state index in [9.17, 15) is 9.59 Å². The quantitative estimate of drug-likeness (QED) is 0.757. The van der Waals surface area contributed by atoms with Crippen molar-refractivity contribution in [3.63, 3.8) is 0 Å². The van der Waals surface area contributed by atoms with Gasteiger partial charge in [-0.05, 0) is 67.6 Å². The Morgan fingerprint density at radius 2 is 1.93 bits per heavy atom. The maximum Gasteiger partial charge on any atom is 0.227 e. The number of thiophene rings is 1. The highest BCUT2D eigenvalue weighted by Gasteiger charge is 2.35. The predicted octanol–water partition coefficient (Wildman–Crippen LogP) is 3.78. The molecule has 0 bridgehead atoms. The lowest BCUT2D eigenvalue weighted by atomic mass is 9.96. The Balaban J connectivity index is 1.21. The Kier molecular flexibility index (Phi) is 6.53. The molecule has 4 rings (SSSR count). The van der Waals surface area contributed by atoms with Crippen molar-refractivity contribution in [1.82, 2.24) is 10.2 Å². The van der Waals surface area contributed by atoms with Crippen molar-refractivity contribution >= 4 is 40.4 Å². The average molecular weight is 432 g/mol. The molecular weight excluding hydrogens is 406 g/mol. The molecule has 2 amide bonds. The Bertz CT molecular complexity index is 832. The molecule has 1 aromatic carbocycles. The van der Waals surface area contributed by atoms with Crippen LogP contribution < -0.4 is 10.2 Å². The lowest BCUT2D eigenvalue weighted by molar-refractivity contribution is -0.126. The lowest BCUT2D eigenvalue weighted by Gasteiger charge is -2.31. The van der Waals surface area contributed by atoms with Crippen LogP contribution in [0, 0.1) is 11.8 Å². The van der Waals surface area contributed by atoms with Gasteiger partial charge in [0.2, 0.25) is 11.8 Å². The highest BCUT2D eigenvalue weighted by Crippen LogP contribution is 2.27. The number of rotatable bonds is 6. The smallest absolute Gasteiger partial charge is 0.227 e. The highest BCUT2D eigenvalue weighted by atomic mass is 35.5. The number of amides is 2. The third-order valence-corrected chi connectivity index (χ3v) is 6.98. The summed E-state index contributed by atoms with van der Waals surface area (Å²) in [6.45, 7) is 4.32. The Morgan fingerprint density at radius 1 is 1.17 bits per heavy atom. The van der Waals surface area contributed by atoms with Crippen molar-refractivity contribution < 1.29 is 9.59 Å². The van der Waals surface area contributed by atoms with E-state index >= 15 is 0 Å². The molecule has 5 nitrogen and oxygen atoms in total. The number of carbonyl (C=O) groups excluding carboxylic acids is 2. The molecule has 0 radical (unpaired) electrons. The number of nitrogens with zero attached hydrogens (tertiary/aromatic N) is 2. The van der Waals surface area contributed by atoms with Crippen LogP contribution >= 0.6 is 22.9 Å². The summed E-state index contributed by atoms with van der Waals surface area (Å²) in [5.41, 5.74) is 0.799. The predicted molar refractivity (Wildman–Crippen MR) is 117 cm³/mol. The van der Waals surface area contributed by atoms with Crippen molar-refractivity contribution in [2.75, 3.05) is 31.1 Å². The van der Waals surface area contributed by atoms with E-state index in [1.54, 1.807) is 17.0 Å². The van der Waals surface area contributed by atoms with E-state index in [1.807, 2.05) is 23.5 Å². The van der Waals surface area contributed by atoms with E-state index in [0.717, 1.165) is 38.2 Å². The SMILES string of the molecule is O=C(NCC1CCN(Cc2cccs2)CC1)C1CC(=O)N(c2ccc(Cl)cc2)C1. The molecule has 1 unspecified atom stereocenters. The molecule has 154 valence electrons. The molecule has 2 fully saturated rings. The van der Waals surface area contributed by atoms with Crippen molar-refractivity contribution in [2.45, 2.75) is 25.8 Å². The minimum atomic E-state index is -0.280. The first-order valence-electron chi connectivity index (χ1n) is 10.2. The molecule has 2 saturated heterocycles. The van der Waals surface area contributed by atoms with Crippen LogP contribution in [-0.2, 0) is 16.1 Å². The van der Waals surface area contributed by atoms with Crippen molar-refractivity contribution in [2.24, 2.45) is 11.8 Å². The van der Waals surface area contributed by atoms with Crippen molar-refractivity contribution in [3.05, 3.63) is 51.7 Å². The van der Waals surface area contributed by atoms with Gasteiger partial charge in [-0.2, -0.15) is 0 Å². The molecule has 1 aromatic heterocycles. The molecule has 1 N–H and O–H groups in total. The molecule has 2 aliphatic heterocycles. The van der Waals surface area contributed by atoms with E-state index in [4.69, 9.17) is 11.6 Å². The number of hydrogen-bond acceptors (Lipinski definition) is 4. The van der Waals surface area contributed by atoms with E-state index in [2.05, 4.69) is 27.7 Å². The van der Waals surface area contributed by atoms with E-state index in [-0.39, 0.29) is 24.2 Å². The average Bonchev–Trinajstić information content (AvgIpc) is 3.37.